The number of nitrogens with one attached hydrogen (secondary N) is 1. The summed E-state index contributed by atoms with van der Waals surface area (Å²) in [6, 6.07) is 14.1. The maximum atomic E-state index is 11.5. The molecule has 0 radical (unpaired) electrons. The van der Waals surface area contributed by atoms with Gasteiger partial charge in [-0.05, 0) is 60.7 Å². The number of halogens is 1. The quantitative estimate of drug-likeness (QED) is 0.663. The van der Waals surface area contributed by atoms with E-state index in [1.165, 1.54) is 16.7 Å². The van der Waals surface area contributed by atoms with Crippen LogP contribution in [-0.2, 0) is 22.4 Å². The zero-order valence-corrected chi connectivity index (χ0v) is 16.7. The normalized spacial score (nSPS) is 18.4. The summed E-state index contributed by atoms with van der Waals surface area (Å²) in [5, 5.41) is 13.4. The van der Waals surface area contributed by atoms with Gasteiger partial charge in [0.1, 0.15) is 5.75 Å². The van der Waals surface area contributed by atoms with Gasteiger partial charge in [0.15, 0.2) is 6.61 Å². The van der Waals surface area contributed by atoms with Gasteiger partial charge in [-0.1, -0.05) is 29.8 Å². The fraction of sp³-hybridized carbons (Fsp3) is 0.409. The summed E-state index contributed by atoms with van der Waals surface area (Å²) in [6.07, 6.45) is 1.68. The molecule has 0 saturated carbocycles. The molecule has 0 saturated heterocycles. The highest BCUT2D eigenvalue weighted by molar-refractivity contribution is 6.30. The lowest BCUT2D eigenvalue weighted by atomic mass is 9.76. The molecule has 0 aliphatic heterocycles. The SMILES string of the molecule is CCOC(=O)COc1ccc2c(c1)CC(NCCO)C(c1cccc(Cl)c1)C2. The second-order valence-corrected chi connectivity index (χ2v) is 7.31. The van der Waals surface area contributed by atoms with Crippen LogP contribution in [0.5, 0.6) is 5.75 Å². The Kier molecular flexibility index (Phi) is 7.31. The van der Waals surface area contributed by atoms with Crippen LogP contribution < -0.4 is 10.1 Å². The van der Waals surface area contributed by atoms with Gasteiger partial charge >= 0.3 is 5.97 Å². The first kappa shape index (κ1) is 20.6. The first-order chi connectivity index (χ1) is 13.6. The number of carbonyl (C=O) groups excluding carboxylic acids is 1. The van der Waals surface area contributed by atoms with E-state index in [-0.39, 0.29) is 31.1 Å². The molecule has 2 unspecified atom stereocenters. The summed E-state index contributed by atoms with van der Waals surface area (Å²) < 4.78 is 10.5. The molecule has 5 nitrogen and oxygen atoms in total. The van der Waals surface area contributed by atoms with Crippen molar-refractivity contribution in [1.82, 2.24) is 5.32 Å². The van der Waals surface area contributed by atoms with E-state index < -0.39 is 0 Å². The number of rotatable bonds is 8. The lowest BCUT2D eigenvalue weighted by molar-refractivity contribution is -0.145. The first-order valence-corrected chi connectivity index (χ1v) is 9.98. The van der Waals surface area contributed by atoms with Gasteiger partial charge in [0.2, 0.25) is 0 Å². The third-order valence-corrected chi connectivity index (χ3v) is 5.24. The minimum Gasteiger partial charge on any atom is -0.482 e. The van der Waals surface area contributed by atoms with Crippen LogP contribution in [0.15, 0.2) is 42.5 Å². The van der Waals surface area contributed by atoms with Gasteiger partial charge in [-0.15, -0.1) is 0 Å². The molecule has 2 aromatic rings. The monoisotopic (exact) mass is 403 g/mol. The Morgan fingerprint density at radius 1 is 1.21 bits per heavy atom. The number of fused-ring (bicyclic) bond motifs is 1. The van der Waals surface area contributed by atoms with Gasteiger partial charge in [0, 0.05) is 23.5 Å². The molecule has 0 spiro atoms. The van der Waals surface area contributed by atoms with Crippen LogP contribution in [0.3, 0.4) is 0 Å². The molecule has 0 heterocycles. The van der Waals surface area contributed by atoms with Crippen LogP contribution in [0.25, 0.3) is 0 Å². The maximum absolute atomic E-state index is 11.5. The third kappa shape index (κ3) is 5.25. The number of carbonyl (C=O) groups is 1. The number of hydrogen-bond acceptors (Lipinski definition) is 5. The van der Waals surface area contributed by atoms with Crippen LogP contribution in [0, 0.1) is 0 Å². The van der Waals surface area contributed by atoms with Crippen LogP contribution >= 0.6 is 11.6 Å². The molecule has 28 heavy (non-hydrogen) atoms. The number of ether oxygens (including phenoxy) is 2. The molecule has 150 valence electrons. The number of aliphatic hydroxyl groups excluding tert-OH is 1. The molecule has 1 aliphatic carbocycles. The van der Waals surface area contributed by atoms with Gasteiger partial charge < -0.3 is 19.9 Å². The zero-order chi connectivity index (χ0) is 19.9. The van der Waals surface area contributed by atoms with Crippen molar-refractivity contribution in [1.29, 1.82) is 0 Å². The van der Waals surface area contributed by atoms with Crippen molar-refractivity contribution in [3.05, 3.63) is 64.2 Å². The van der Waals surface area contributed by atoms with Crippen molar-refractivity contribution >= 4 is 17.6 Å². The minimum absolute atomic E-state index is 0.0916. The second-order valence-electron chi connectivity index (χ2n) is 6.88. The Morgan fingerprint density at radius 3 is 2.82 bits per heavy atom. The fourth-order valence-electron chi connectivity index (χ4n) is 3.74. The predicted molar refractivity (Wildman–Crippen MR) is 109 cm³/mol. The highest BCUT2D eigenvalue weighted by Crippen LogP contribution is 2.35. The zero-order valence-electron chi connectivity index (χ0n) is 16.0. The molecule has 3 rings (SSSR count). The number of benzene rings is 2. The summed E-state index contributed by atoms with van der Waals surface area (Å²) in [6.45, 7) is 2.65. The minimum atomic E-state index is -0.372. The van der Waals surface area contributed by atoms with Crippen molar-refractivity contribution < 1.29 is 19.4 Å². The van der Waals surface area contributed by atoms with E-state index in [9.17, 15) is 9.90 Å². The summed E-state index contributed by atoms with van der Waals surface area (Å²) in [4.78, 5) is 11.5. The second kappa shape index (κ2) is 9.92. The average Bonchev–Trinajstić information content (AvgIpc) is 2.70. The maximum Gasteiger partial charge on any atom is 0.344 e. The average molecular weight is 404 g/mol. The lowest BCUT2D eigenvalue weighted by Gasteiger charge is -2.34. The van der Waals surface area contributed by atoms with E-state index in [4.69, 9.17) is 21.1 Å². The van der Waals surface area contributed by atoms with E-state index in [1.54, 1.807) is 6.92 Å². The summed E-state index contributed by atoms with van der Waals surface area (Å²) in [5.41, 5.74) is 3.64. The number of esters is 1. The van der Waals surface area contributed by atoms with Crippen molar-refractivity contribution in [2.75, 3.05) is 26.4 Å². The van der Waals surface area contributed by atoms with Crippen LogP contribution in [0.1, 0.15) is 29.5 Å². The van der Waals surface area contributed by atoms with E-state index >= 15 is 0 Å². The van der Waals surface area contributed by atoms with Gasteiger partial charge in [-0.2, -0.15) is 0 Å². The molecule has 2 N–H and O–H groups in total. The van der Waals surface area contributed by atoms with Crippen LogP contribution in [0.4, 0.5) is 0 Å². The van der Waals surface area contributed by atoms with Crippen molar-refractivity contribution in [2.45, 2.75) is 31.7 Å². The van der Waals surface area contributed by atoms with E-state index in [1.807, 2.05) is 30.3 Å². The van der Waals surface area contributed by atoms with E-state index in [0.717, 1.165) is 17.9 Å². The van der Waals surface area contributed by atoms with Gasteiger partial charge in [0.05, 0.1) is 13.2 Å². The highest BCUT2D eigenvalue weighted by Gasteiger charge is 2.29. The molecule has 0 bridgehead atoms. The van der Waals surface area contributed by atoms with Crippen LogP contribution in [0.2, 0.25) is 5.02 Å². The lowest BCUT2D eigenvalue weighted by Crippen LogP contribution is -2.42. The molecular formula is C22H26ClNO4. The molecule has 2 atom stereocenters. The standard InChI is InChI=1S/C22H26ClNO4/c1-2-27-22(26)14-28-19-7-6-15-12-20(16-4-3-5-18(23)10-16)21(24-8-9-25)13-17(15)11-19/h3-7,10-11,20-21,24-25H,2,8-9,12-14H2,1H3. The topological polar surface area (TPSA) is 67.8 Å². The van der Waals surface area contributed by atoms with E-state index in [2.05, 4.69) is 17.4 Å². The van der Waals surface area contributed by atoms with Crippen molar-refractivity contribution in [3.63, 3.8) is 0 Å². The molecule has 6 heteroatoms. The number of hydrogen-bond donors (Lipinski definition) is 2. The van der Waals surface area contributed by atoms with Crippen molar-refractivity contribution in [2.24, 2.45) is 0 Å². The summed E-state index contributed by atoms with van der Waals surface area (Å²) in [5.74, 6) is 0.557. The Balaban J connectivity index is 1.78. The molecule has 2 aromatic carbocycles. The van der Waals surface area contributed by atoms with Gasteiger partial charge in [-0.3, -0.25) is 0 Å². The molecule has 0 fully saturated rings. The molecule has 0 aromatic heterocycles. The van der Waals surface area contributed by atoms with Crippen LogP contribution in [-0.4, -0.2) is 43.5 Å². The smallest absolute Gasteiger partial charge is 0.344 e. The Morgan fingerprint density at radius 2 is 2.07 bits per heavy atom. The van der Waals surface area contributed by atoms with E-state index in [0.29, 0.717) is 18.9 Å². The predicted octanol–water partition coefficient (Wildman–Crippen LogP) is 3.11. The summed E-state index contributed by atoms with van der Waals surface area (Å²) in [7, 11) is 0. The molecule has 1 aliphatic rings. The molecular weight excluding hydrogens is 378 g/mol. The number of aliphatic hydroxyl groups is 1. The first-order valence-electron chi connectivity index (χ1n) is 9.60. The fourth-order valence-corrected chi connectivity index (χ4v) is 3.93. The van der Waals surface area contributed by atoms with Crippen molar-refractivity contribution in [3.8, 4) is 5.75 Å². The summed E-state index contributed by atoms with van der Waals surface area (Å²) >= 11 is 6.21. The highest BCUT2D eigenvalue weighted by atomic mass is 35.5. The Labute approximate surface area is 170 Å². The third-order valence-electron chi connectivity index (χ3n) is 5.00. The molecule has 0 amide bonds. The Bertz CT molecular complexity index is 811. The Hall–Kier alpha value is -2.08. The van der Waals surface area contributed by atoms with Gasteiger partial charge in [0.25, 0.3) is 0 Å². The largest absolute Gasteiger partial charge is 0.482 e. The van der Waals surface area contributed by atoms with Gasteiger partial charge in [-0.25, -0.2) is 4.79 Å².